The fourth-order valence-electron chi connectivity index (χ4n) is 4.30. The van der Waals surface area contributed by atoms with Crippen molar-refractivity contribution in [3.8, 4) is 0 Å². The van der Waals surface area contributed by atoms with Crippen molar-refractivity contribution in [1.82, 2.24) is 14.9 Å². The monoisotopic (exact) mass is 393 g/mol. The summed E-state index contributed by atoms with van der Waals surface area (Å²) < 4.78 is 0. The van der Waals surface area contributed by atoms with Gasteiger partial charge in [0.2, 0.25) is 0 Å². The Hall–Kier alpha value is -2.47. The fraction of sp³-hybridized carbons (Fsp3) is 0.522. The molecule has 1 N–H and O–H groups in total. The van der Waals surface area contributed by atoms with Crippen molar-refractivity contribution in [2.75, 3.05) is 31.1 Å². The highest BCUT2D eigenvalue weighted by Gasteiger charge is 2.22. The van der Waals surface area contributed by atoms with Crippen LogP contribution in [-0.2, 0) is 19.5 Å². The summed E-state index contributed by atoms with van der Waals surface area (Å²) in [4.78, 5) is 29.7. The Morgan fingerprint density at radius 3 is 2.59 bits per heavy atom. The molecular formula is C23H31N5O. The number of aromatic nitrogens is 2. The Kier molecular flexibility index (Phi) is 6.09. The van der Waals surface area contributed by atoms with Crippen LogP contribution in [0.2, 0.25) is 0 Å². The van der Waals surface area contributed by atoms with Gasteiger partial charge in [0.05, 0.1) is 17.0 Å². The maximum atomic E-state index is 12.7. The maximum absolute atomic E-state index is 12.7. The molecular weight excluding hydrogens is 362 g/mol. The molecule has 0 unspecified atom stereocenters. The van der Waals surface area contributed by atoms with Crippen LogP contribution in [0.4, 0.5) is 5.69 Å². The number of hydrogen-bond donors (Lipinski definition) is 1. The molecule has 0 saturated heterocycles. The number of aromatic amines is 1. The minimum Gasteiger partial charge on any atom is -0.372 e. The second-order valence-corrected chi connectivity index (χ2v) is 7.92. The van der Waals surface area contributed by atoms with E-state index in [1.54, 1.807) is 0 Å². The quantitative estimate of drug-likeness (QED) is 0.819. The molecule has 1 aromatic carbocycles. The fourth-order valence-corrected chi connectivity index (χ4v) is 4.30. The van der Waals surface area contributed by atoms with Crippen LogP contribution in [0.3, 0.4) is 0 Å². The molecule has 0 bridgehead atoms. The Labute approximate surface area is 172 Å². The second kappa shape index (κ2) is 8.91. The average molecular weight is 394 g/mol. The first-order valence-corrected chi connectivity index (χ1v) is 10.9. The normalized spacial score (nSPS) is 17.0. The molecule has 2 aliphatic heterocycles. The highest BCUT2D eigenvalue weighted by atomic mass is 16.1. The summed E-state index contributed by atoms with van der Waals surface area (Å²) in [5, 5.41) is 0. The van der Waals surface area contributed by atoms with Crippen molar-refractivity contribution in [2.24, 2.45) is 4.99 Å². The van der Waals surface area contributed by atoms with Crippen molar-refractivity contribution in [3.63, 3.8) is 0 Å². The van der Waals surface area contributed by atoms with Gasteiger partial charge in [-0.1, -0.05) is 12.1 Å². The minimum atomic E-state index is -0.000134. The summed E-state index contributed by atoms with van der Waals surface area (Å²) in [5.74, 6) is 0.689. The summed E-state index contributed by atoms with van der Waals surface area (Å²) in [6.07, 6.45) is 3.98. The van der Waals surface area contributed by atoms with Gasteiger partial charge in [-0.3, -0.25) is 14.7 Å². The van der Waals surface area contributed by atoms with Crippen LogP contribution in [-0.4, -0.2) is 46.8 Å². The van der Waals surface area contributed by atoms with Crippen LogP contribution in [0.5, 0.6) is 0 Å². The number of rotatable bonds is 6. The van der Waals surface area contributed by atoms with Gasteiger partial charge in [0.25, 0.3) is 5.56 Å². The number of hydrogen-bond acceptors (Lipinski definition) is 5. The summed E-state index contributed by atoms with van der Waals surface area (Å²) in [7, 11) is 0. The van der Waals surface area contributed by atoms with Gasteiger partial charge in [0.1, 0.15) is 0 Å². The molecule has 0 spiro atoms. The van der Waals surface area contributed by atoms with E-state index >= 15 is 0 Å². The Morgan fingerprint density at radius 1 is 1.10 bits per heavy atom. The van der Waals surface area contributed by atoms with E-state index in [2.05, 4.69) is 57.9 Å². The molecule has 0 atom stereocenters. The molecule has 0 amide bonds. The van der Waals surface area contributed by atoms with E-state index in [-0.39, 0.29) is 5.56 Å². The number of nitrogens with zero attached hydrogens (tertiary/aromatic N) is 4. The lowest BCUT2D eigenvalue weighted by Crippen LogP contribution is -2.36. The van der Waals surface area contributed by atoms with Crippen LogP contribution >= 0.6 is 0 Å². The average Bonchev–Trinajstić information content (AvgIpc) is 2.77. The summed E-state index contributed by atoms with van der Waals surface area (Å²) in [6.45, 7) is 9.67. The molecule has 29 heavy (non-hydrogen) atoms. The zero-order valence-corrected chi connectivity index (χ0v) is 17.6. The molecule has 1 aromatic heterocycles. The third-order valence-electron chi connectivity index (χ3n) is 6.02. The molecule has 2 aliphatic rings. The summed E-state index contributed by atoms with van der Waals surface area (Å²) >= 11 is 0. The van der Waals surface area contributed by atoms with E-state index in [9.17, 15) is 4.79 Å². The van der Waals surface area contributed by atoms with E-state index in [1.807, 2.05) is 0 Å². The SMILES string of the molecule is CCN(CC)c1ccc(CN2CCc3nc(C4=NCCCC4)[nH]c(=O)c3C2)cc1. The topological polar surface area (TPSA) is 64.6 Å². The Balaban J connectivity index is 1.46. The first-order chi connectivity index (χ1) is 14.2. The van der Waals surface area contributed by atoms with E-state index in [0.717, 1.165) is 75.4 Å². The number of aliphatic imine (C=N–C) groups is 1. The van der Waals surface area contributed by atoms with Gasteiger partial charge in [-0.05, 0) is 50.8 Å². The van der Waals surface area contributed by atoms with Gasteiger partial charge >= 0.3 is 0 Å². The molecule has 0 aliphatic carbocycles. The largest absolute Gasteiger partial charge is 0.372 e. The van der Waals surface area contributed by atoms with Crippen LogP contribution in [0, 0.1) is 0 Å². The van der Waals surface area contributed by atoms with E-state index in [0.29, 0.717) is 12.4 Å². The molecule has 3 heterocycles. The zero-order chi connectivity index (χ0) is 20.2. The van der Waals surface area contributed by atoms with Crippen LogP contribution in [0.1, 0.15) is 55.8 Å². The van der Waals surface area contributed by atoms with Gasteiger partial charge in [-0.2, -0.15) is 0 Å². The van der Waals surface area contributed by atoms with Crippen LogP contribution in [0.15, 0.2) is 34.1 Å². The maximum Gasteiger partial charge on any atom is 0.255 e. The third kappa shape index (κ3) is 4.42. The highest BCUT2D eigenvalue weighted by molar-refractivity contribution is 5.97. The lowest BCUT2D eigenvalue weighted by molar-refractivity contribution is 0.241. The molecule has 0 fully saturated rings. The highest BCUT2D eigenvalue weighted by Crippen LogP contribution is 2.20. The molecule has 0 radical (unpaired) electrons. The predicted molar refractivity (Wildman–Crippen MR) is 118 cm³/mol. The predicted octanol–water partition coefficient (Wildman–Crippen LogP) is 3.15. The molecule has 2 aromatic rings. The van der Waals surface area contributed by atoms with Crippen LogP contribution < -0.4 is 10.5 Å². The van der Waals surface area contributed by atoms with Gasteiger partial charge in [0.15, 0.2) is 5.82 Å². The van der Waals surface area contributed by atoms with Crippen molar-refractivity contribution < 1.29 is 0 Å². The molecule has 6 heteroatoms. The number of H-pyrrole nitrogens is 1. The smallest absolute Gasteiger partial charge is 0.255 e. The van der Waals surface area contributed by atoms with Crippen molar-refractivity contribution >= 4 is 11.4 Å². The van der Waals surface area contributed by atoms with Gasteiger partial charge in [0, 0.05) is 51.4 Å². The molecule has 154 valence electrons. The third-order valence-corrected chi connectivity index (χ3v) is 6.02. The standard InChI is InChI=1S/C23H31N5O/c1-3-28(4-2)18-10-8-17(9-11-18)15-27-14-12-20-19(16-27)23(29)26-22(25-20)21-7-5-6-13-24-21/h8-11H,3-7,12-16H2,1-2H3,(H,25,26,29). The Bertz CT molecular complexity index is 927. The number of nitrogens with one attached hydrogen (secondary N) is 1. The lowest BCUT2D eigenvalue weighted by Gasteiger charge is -2.28. The first-order valence-electron chi connectivity index (χ1n) is 10.9. The number of benzene rings is 1. The van der Waals surface area contributed by atoms with E-state index < -0.39 is 0 Å². The number of fused-ring (bicyclic) bond motifs is 1. The van der Waals surface area contributed by atoms with E-state index in [4.69, 9.17) is 4.98 Å². The first kappa shape index (κ1) is 19.8. The van der Waals surface area contributed by atoms with Crippen LogP contribution in [0.25, 0.3) is 0 Å². The molecule has 0 saturated carbocycles. The lowest BCUT2D eigenvalue weighted by atomic mass is 10.0. The van der Waals surface area contributed by atoms with Crippen molar-refractivity contribution in [1.29, 1.82) is 0 Å². The minimum absolute atomic E-state index is 0.000134. The molecule has 6 nitrogen and oxygen atoms in total. The second-order valence-electron chi connectivity index (χ2n) is 7.92. The van der Waals surface area contributed by atoms with E-state index in [1.165, 1.54) is 11.3 Å². The van der Waals surface area contributed by atoms with Gasteiger partial charge in [-0.15, -0.1) is 0 Å². The zero-order valence-electron chi connectivity index (χ0n) is 17.6. The Morgan fingerprint density at radius 2 is 1.90 bits per heavy atom. The van der Waals surface area contributed by atoms with Gasteiger partial charge in [-0.25, -0.2) is 4.98 Å². The number of anilines is 1. The van der Waals surface area contributed by atoms with Gasteiger partial charge < -0.3 is 9.88 Å². The van der Waals surface area contributed by atoms with Crippen molar-refractivity contribution in [2.45, 2.75) is 52.6 Å². The summed E-state index contributed by atoms with van der Waals surface area (Å²) in [6, 6.07) is 8.81. The molecule has 4 rings (SSSR count). The van der Waals surface area contributed by atoms with Crippen molar-refractivity contribution in [3.05, 3.63) is 57.3 Å². The summed E-state index contributed by atoms with van der Waals surface area (Å²) in [5.41, 5.74) is 5.27.